The molecule has 0 aromatic heterocycles. The Labute approximate surface area is 127 Å². The van der Waals surface area contributed by atoms with Gasteiger partial charge in [-0.05, 0) is 25.0 Å². The van der Waals surface area contributed by atoms with Gasteiger partial charge in [-0.15, -0.1) is 0 Å². The summed E-state index contributed by atoms with van der Waals surface area (Å²) in [6, 6.07) is 3.30. The van der Waals surface area contributed by atoms with Crippen molar-refractivity contribution in [2.24, 2.45) is 5.16 Å². The summed E-state index contributed by atoms with van der Waals surface area (Å²) in [6.45, 7) is 0.139. The number of halogens is 2. The number of hydrogen-bond acceptors (Lipinski definition) is 4. The number of benzene rings is 1. The molecule has 1 atom stereocenters. The average molecular weight is 311 g/mol. The third kappa shape index (κ3) is 4.59. The number of rotatable bonds is 8. The number of Topliss-reactive ketones (excluding diaryl/α,β-unsaturated/α-hetero) is 1. The van der Waals surface area contributed by atoms with Crippen LogP contribution in [0.25, 0.3) is 0 Å². The molecule has 0 fully saturated rings. The predicted octanol–water partition coefficient (Wildman–Crippen LogP) is 2.97. The van der Waals surface area contributed by atoms with Gasteiger partial charge < -0.3 is 9.94 Å². The average Bonchev–Trinajstić information content (AvgIpc) is 2.92. The van der Waals surface area contributed by atoms with Gasteiger partial charge in [-0.3, -0.25) is 4.79 Å². The third-order valence-corrected chi connectivity index (χ3v) is 3.54. The molecular formula is C16H19F2NO3. The lowest BCUT2D eigenvalue weighted by Crippen LogP contribution is -2.15. The zero-order chi connectivity index (χ0) is 15.9. The lowest BCUT2D eigenvalue weighted by atomic mass is 10.00. The summed E-state index contributed by atoms with van der Waals surface area (Å²) in [5.74, 6) is -1.26. The van der Waals surface area contributed by atoms with Gasteiger partial charge in [0.15, 0.2) is 0 Å². The van der Waals surface area contributed by atoms with Gasteiger partial charge in [0.1, 0.15) is 23.5 Å². The summed E-state index contributed by atoms with van der Waals surface area (Å²) in [6.07, 6.45) is 2.89. The van der Waals surface area contributed by atoms with Gasteiger partial charge in [-0.25, -0.2) is 8.78 Å². The van der Waals surface area contributed by atoms with E-state index in [1.807, 2.05) is 0 Å². The minimum Gasteiger partial charge on any atom is -0.396 e. The summed E-state index contributed by atoms with van der Waals surface area (Å²) >= 11 is 0. The Morgan fingerprint density at radius 3 is 2.86 bits per heavy atom. The number of unbranched alkanes of at least 4 members (excludes halogenated alkanes) is 2. The standard InChI is InChI=1S/C16H19F2NO3/c17-11-5-6-14(15(18)8-11)16-10-13(22-19-16)9-12(21)4-2-1-3-7-20/h5-6,8,13,20H,1-4,7,9-10H2. The molecule has 0 bridgehead atoms. The first-order chi connectivity index (χ1) is 10.6. The topological polar surface area (TPSA) is 58.9 Å². The van der Waals surface area contributed by atoms with E-state index < -0.39 is 11.6 Å². The molecule has 1 aromatic carbocycles. The van der Waals surface area contributed by atoms with Crippen LogP contribution < -0.4 is 0 Å². The van der Waals surface area contributed by atoms with Gasteiger partial charge in [0.25, 0.3) is 0 Å². The van der Waals surface area contributed by atoms with Gasteiger partial charge in [0.05, 0.1) is 5.71 Å². The van der Waals surface area contributed by atoms with Crippen molar-refractivity contribution in [3.63, 3.8) is 0 Å². The highest BCUT2D eigenvalue weighted by Gasteiger charge is 2.26. The number of carbonyl (C=O) groups excluding carboxylic acids is 1. The Balaban J connectivity index is 1.80. The van der Waals surface area contributed by atoms with Crippen molar-refractivity contribution in [3.05, 3.63) is 35.4 Å². The van der Waals surface area contributed by atoms with E-state index in [0.717, 1.165) is 18.9 Å². The van der Waals surface area contributed by atoms with Crippen LogP contribution in [0.3, 0.4) is 0 Å². The monoisotopic (exact) mass is 311 g/mol. The number of aliphatic hydroxyl groups excluding tert-OH is 1. The number of oxime groups is 1. The fourth-order valence-electron chi connectivity index (χ4n) is 2.39. The van der Waals surface area contributed by atoms with E-state index >= 15 is 0 Å². The second-order valence-corrected chi connectivity index (χ2v) is 5.37. The molecule has 4 nitrogen and oxygen atoms in total. The van der Waals surface area contributed by atoms with E-state index in [1.165, 1.54) is 12.1 Å². The van der Waals surface area contributed by atoms with Crippen LogP contribution in [0.1, 0.15) is 44.1 Å². The highest BCUT2D eigenvalue weighted by Crippen LogP contribution is 2.22. The van der Waals surface area contributed by atoms with Crippen LogP contribution in [0.2, 0.25) is 0 Å². The number of nitrogens with zero attached hydrogens (tertiary/aromatic N) is 1. The van der Waals surface area contributed by atoms with Crippen molar-refractivity contribution in [3.8, 4) is 0 Å². The molecule has 0 radical (unpaired) electrons. The summed E-state index contributed by atoms with van der Waals surface area (Å²) in [5.41, 5.74) is 0.606. The van der Waals surface area contributed by atoms with E-state index in [9.17, 15) is 13.6 Å². The number of hydrogen-bond donors (Lipinski definition) is 1. The maximum absolute atomic E-state index is 13.7. The highest BCUT2D eigenvalue weighted by atomic mass is 19.1. The van der Waals surface area contributed by atoms with E-state index in [2.05, 4.69) is 5.16 Å². The molecule has 1 unspecified atom stereocenters. The molecule has 0 aliphatic carbocycles. The van der Waals surface area contributed by atoms with Crippen LogP contribution in [0.15, 0.2) is 23.4 Å². The summed E-state index contributed by atoms with van der Waals surface area (Å²) in [7, 11) is 0. The van der Waals surface area contributed by atoms with E-state index in [4.69, 9.17) is 9.94 Å². The molecule has 0 saturated heterocycles. The van der Waals surface area contributed by atoms with Crippen LogP contribution in [0, 0.1) is 11.6 Å². The Hall–Kier alpha value is -1.82. The van der Waals surface area contributed by atoms with Gasteiger partial charge in [0.2, 0.25) is 0 Å². The van der Waals surface area contributed by atoms with Crippen LogP contribution in [-0.2, 0) is 9.63 Å². The maximum atomic E-state index is 13.7. The first-order valence-electron chi connectivity index (χ1n) is 7.41. The largest absolute Gasteiger partial charge is 0.396 e. The van der Waals surface area contributed by atoms with Crippen molar-refractivity contribution in [2.45, 2.75) is 44.6 Å². The number of carbonyl (C=O) groups is 1. The molecule has 1 aliphatic heterocycles. The Kier molecular flexibility index (Phi) is 6.00. The second kappa shape index (κ2) is 7.98. The molecule has 1 heterocycles. The fourth-order valence-corrected chi connectivity index (χ4v) is 2.39. The van der Waals surface area contributed by atoms with E-state index in [1.54, 1.807) is 0 Å². The second-order valence-electron chi connectivity index (χ2n) is 5.37. The Bertz CT molecular complexity index is 560. The van der Waals surface area contributed by atoms with Crippen LogP contribution in [-0.4, -0.2) is 29.3 Å². The zero-order valence-corrected chi connectivity index (χ0v) is 12.2. The van der Waals surface area contributed by atoms with Gasteiger partial charge in [-0.2, -0.15) is 0 Å². The molecule has 2 rings (SSSR count). The molecule has 120 valence electrons. The minimum atomic E-state index is -0.682. The minimum absolute atomic E-state index is 0.0685. The van der Waals surface area contributed by atoms with Crippen molar-refractivity contribution in [1.82, 2.24) is 0 Å². The summed E-state index contributed by atoms with van der Waals surface area (Å²) in [5, 5.41) is 12.5. The summed E-state index contributed by atoms with van der Waals surface area (Å²) < 4.78 is 26.6. The Morgan fingerprint density at radius 1 is 1.32 bits per heavy atom. The molecule has 1 aliphatic rings. The highest BCUT2D eigenvalue weighted by molar-refractivity contribution is 6.01. The van der Waals surface area contributed by atoms with Crippen LogP contribution in [0.4, 0.5) is 8.78 Å². The molecular weight excluding hydrogens is 292 g/mol. The molecule has 0 spiro atoms. The van der Waals surface area contributed by atoms with E-state index in [0.29, 0.717) is 25.0 Å². The smallest absolute Gasteiger partial charge is 0.140 e. The predicted molar refractivity (Wildman–Crippen MR) is 77.6 cm³/mol. The Morgan fingerprint density at radius 2 is 2.14 bits per heavy atom. The quantitative estimate of drug-likeness (QED) is 0.751. The van der Waals surface area contributed by atoms with Gasteiger partial charge in [-0.1, -0.05) is 11.6 Å². The number of ketones is 1. The normalized spacial score (nSPS) is 17.2. The molecule has 1 aromatic rings. The molecule has 1 N–H and O–H groups in total. The fraction of sp³-hybridized carbons (Fsp3) is 0.500. The van der Waals surface area contributed by atoms with Crippen LogP contribution >= 0.6 is 0 Å². The third-order valence-electron chi connectivity index (χ3n) is 3.54. The van der Waals surface area contributed by atoms with Crippen molar-refractivity contribution in [2.75, 3.05) is 6.61 Å². The first kappa shape index (κ1) is 16.5. The number of aliphatic hydroxyl groups is 1. The molecule has 22 heavy (non-hydrogen) atoms. The molecule has 0 amide bonds. The lowest BCUT2D eigenvalue weighted by molar-refractivity contribution is -0.121. The van der Waals surface area contributed by atoms with E-state index in [-0.39, 0.29) is 30.5 Å². The SMILES string of the molecule is O=C(CCCCCO)CC1CC(c2ccc(F)cc2F)=NO1. The summed E-state index contributed by atoms with van der Waals surface area (Å²) in [4.78, 5) is 17.0. The van der Waals surface area contributed by atoms with Gasteiger partial charge in [0, 0.05) is 37.5 Å². The molecule has 6 heteroatoms. The van der Waals surface area contributed by atoms with Crippen molar-refractivity contribution in [1.29, 1.82) is 0 Å². The molecule has 0 saturated carbocycles. The van der Waals surface area contributed by atoms with Crippen molar-refractivity contribution >= 4 is 11.5 Å². The van der Waals surface area contributed by atoms with Gasteiger partial charge >= 0.3 is 0 Å². The van der Waals surface area contributed by atoms with Crippen LogP contribution in [0.5, 0.6) is 0 Å². The lowest BCUT2D eigenvalue weighted by Gasteiger charge is -2.07. The first-order valence-corrected chi connectivity index (χ1v) is 7.41. The zero-order valence-electron chi connectivity index (χ0n) is 12.2. The maximum Gasteiger partial charge on any atom is 0.140 e. The van der Waals surface area contributed by atoms with Crippen molar-refractivity contribution < 1.29 is 23.5 Å².